The highest BCUT2D eigenvalue weighted by molar-refractivity contribution is 7.09. The third-order valence-electron chi connectivity index (χ3n) is 2.99. The van der Waals surface area contributed by atoms with E-state index in [2.05, 4.69) is 25.9 Å². The Morgan fingerprint density at radius 2 is 2.05 bits per heavy atom. The second kappa shape index (κ2) is 6.60. The van der Waals surface area contributed by atoms with E-state index in [0.29, 0.717) is 18.3 Å². The van der Waals surface area contributed by atoms with E-state index < -0.39 is 0 Å². The van der Waals surface area contributed by atoms with Gasteiger partial charge in [-0.2, -0.15) is 0 Å². The van der Waals surface area contributed by atoms with Gasteiger partial charge < -0.3 is 9.73 Å². The van der Waals surface area contributed by atoms with E-state index in [1.807, 2.05) is 37.3 Å². The summed E-state index contributed by atoms with van der Waals surface area (Å²) in [4.78, 5) is 4.43. The summed E-state index contributed by atoms with van der Waals surface area (Å²) in [6, 6.07) is 9.77. The minimum Gasteiger partial charge on any atom is -0.419 e. The van der Waals surface area contributed by atoms with Crippen LogP contribution in [0.4, 0.5) is 0 Å². The molecule has 0 radical (unpaired) electrons. The molecule has 6 heteroatoms. The molecule has 0 aliphatic carbocycles. The average Bonchev–Trinajstić information content (AvgIpc) is 3.14. The molecule has 1 N–H and O–H groups in total. The molecule has 2 heterocycles. The van der Waals surface area contributed by atoms with Gasteiger partial charge in [-0.25, -0.2) is 4.98 Å². The highest BCUT2D eigenvalue weighted by Gasteiger charge is 2.07. The minimum atomic E-state index is 0.558. The molecule has 5 nitrogen and oxygen atoms in total. The largest absolute Gasteiger partial charge is 0.419 e. The van der Waals surface area contributed by atoms with Crippen LogP contribution in [0, 0.1) is 6.92 Å². The number of aryl methyl sites for hydroxylation is 1. The summed E-state index contributed by atoms with van der Waals surface area (Å²) in [6.07, 6.45) is 0.907. The van der Waals surface area contributed by atoms with Crippen LogP contribution in [0.1, 0.15) is 16.6 Å². The van der Waals surface area contributed by atoms with Crippen LogP contribution in [0.25, 0.3) is 11.5 Å². The highest BCUT2D eigenvalue weighted by Crippen LogP contribution is 2.16. The number of hydrogen-bond acceptors (Lipinski definition) is 6. The van der Waals surface area contributed by atoms with E-state index in [4.69, 9.17) is 4.42 Å². The van der Waals surface area contributed by atoms with Gasteiger partial charge in [-0.05, 0) is 19.1 Å². The van der Waals surface area contributed by atoms with Crippen LogP contribution >= 0.6 is 11.3 Å². The summed E-state index contributed by atoms with van der Waals surface area (Å²) in [5.74, 6) is 1.16. The summed E-state index contributed by atoms with van der Waals surface area (Å²) < 4.78 is 5.63. The fourth-order valence-electron chi connectivity index (χ4n) is 1.96. The van der Waals surface area contributed by atoms with Crippen LogP contribution in [0.5, 0.6) is 0 Å². The van der Waals surface area contributed by atoms with Crippen molar-refractivity contribution in [2.24, 2.45) is 0 Å². The highest BCUT2D eigenvalue weighted by atomic mass is 32.1. The van der Waals surface area contributed by atoms with Crippen molar-refractivity contribution in [3.8, 4) is 11.5 Å². The van der Waals surface area contributed by atoms with Gasteiger partial charge >= 0.3 is 0 Å². The molecule has 2 aromatic heterocycles. The molecule has 0 aliphatic heterocycles. The second-order valence-corrected chi connectivity index (χ2v) is 5.71. The maximum absolute atomic E-state index is 5.63. The maximum atomic E-state index is 5.63. The van der Waals surface area contributed by atoms with Gasteiger partial charge in [-0.3, -0.25) is 0 Å². The molecule has 0 amide bonds. The van der Waals surface area contributed by atoms with Gasteiger partial charge in [0, 0.05) is 23.9 Å². The Kier molecular flexibility index (Phi) is 4.37. The monoisotopic (exact) mass is 300 g/mol. The number of hydrogen-bond donors (Lipinski definition) is 1. The minimum absolute atomic E-state index is 0.558. The van der Waals surface area contributed by atoms with E-state index in [-0.39, 0.29) is 0 Å². The Morgan fingerprint density at radius 3 is 2.81 bits per heavy atom. The van der Waals surface area contributed by atoms with E-state index >= 15 is 0 Å². The molecular formula is C15H16N4OS. The average molecular weight is 300 g/mol. The summed E-state index contributed by atoms with van der Waals surface area (Å²) in [7, 11) is 0. The Hall–Kier alpha value is -2.05. The zero-order valence-electron chi connectivity index (χ0n) is 11.7. The maximum Gasteiger partial charge on any atom is 0.247 e. The lowest BCUT2D eigenvalue weighted by molar-refractivity contribution is 0.478. The first-order chi connectivity index (χ1) is 10.3. The lowest BCUT2D eigenvalue weighted by atomic mass is 10.2. The van der Waals surface area contributed by atoms with Gasteiger partial charge in [0.15, 0.2) is 0 Å². The summed E-state index contributed by atoms with van der Waals surface area (Å²) in [5.41, 5.74) is 2.06. The molecule has 0 fully saturated rings. The third-order valence-corrected chi connectivity index (χ3v) is 3.81. The van der Waals surface area contributed by atoms with Gasteiger partial charge in [0.25, 0.3) is 0 Å². The van der Waals surface area contributed by atoms with Crippen molar-refractivity contribution in [1.82, 2.24) is 20.5 Å². The van der Waals surface area contributed by atoms with Crippen molar-refractivity contribution in [1.29, 1.82) is 0 Å². The molecular weight excluding hydrogens is 284 g/mol. The topological polar surface area (TPSA) is 63.8 Å². The molecule has 0 bridgehead atoms. The van der Waals surface area contributed by atoms with Gasteiger partial charge in [-0.15, -0.1) is 21.5 Å². The normalized spacial score (nSPS) is 10.9. The Bertz CT molecular complexity index is 693. The van der Waals surface area contributed by atoms with E-state index in [0.717, 1.165) is 29.2 Å². The molecule has 3 rings (SSSR count). The lowest BCUT2D eigenvalue weighted by Crippen LogP contribution is -2.17. The summed E-state index contributed by atoms with van der Waals surface area (Å²) >= 11 is 1.68. The Labute approximate surface area is 127 Å². The van der Waals surface area contributed by atoms with Crippen molar-refractivity contribution in [2.75, 3.05) is 6.54 Å². The van der Waals surface area contributed by atoms with Crippen molar-refractivity contribution in [2.45, 2.75) is 19.9 Å². The molecule has 21 heavy (non-hydrogen) atoms. The number of thiazole rings is 1. The fourth-order valence-corrected chi connectivity index (χ4v) is 2.60. The van der Waals surface area contributed by atoms with Crippen LogP contribution in [-0.4, -0.2) is 21.7 Å². The van der Waals surface area contributed by atoms with Gasteiger partial charge in [0.05, 0.1) is 17.2 Å². The number of aromatic nitrogens is 3. The van der Waals surface area contributed by atoms with Crippen molar-refractivity contribution < 1.29 is 4.42 Å². The van der Waals surface area contributed by atoms with E-state index in [1.54, 1.807) is 11.3 Å². The summed E-state index contributed by atoms with van der Waals surface area (Å²) in [6.45, 7) is 3.43. The van der Waals surface area contributed by atoms with Crippen LogP contribution in [-0.2, 0) is 13.0 Å². The lowest BCUT2D eigenvalue weighted by Gasteiger charge is -1.99. The van der Waals surface area contributed by atoms with Crippen molar-refractivity contribution >= 4 is 11.3 Å². The number of benzene rings is 1. The van der Waals surface area contributed by atoms with Gasteiger partial charge in [0.2, 0.25) is 11.8 Å². The van der Waals surface area contributed by atoms with Crippen molar-refractivity contribution in [3.05, 3.63) is 52.3 Å². The molecule has 0 aliphatic rings. The Balaban J connectivity index is 1.49. The van der Waals surface area contributed by atoms with Crippen LogP contribution in [0.15, 0.2) is 40.1 Å². The molecule has 0 unspecified atom stereocenters. The number of nitrogens with one attached hydrogen (secondary N) is 1. The molecule has 108 valence electrons. The quantitative estimate of drug-likeness (QED) is 0.709. The Morgan fingerprint density at radius 1 is 1.19 bits per heavy atom. The first-order valence-electron chi connectivity index (χ1n) is 6.81. The van der Waals surface area contributed by atoms with Gasteiger partial charge in [-0.1, -0.05) is 18.2 Å². The smallest absolute Gasteiger partial charge is 0.247 e. The number of nitrogens with zero attached hydrogens (tertiary/aromatic N) is 3. The van der Waals surface area contributed by atoms with E-state index in [1.165, 1.54) is 0 Å². The predicted molar refractivity (Wildman–Crippen MR) is 82.0 cm³/mol. The predicted octanol–water partition coefficient (Wildman–Crippen LogP) is 2.83. The zero-order chi connectivity index (χ0) is 14.5. The van der Waals surface area contributed by atoms with Crippen LogP contribution in [0.3, 0.4) is 0 Å². The van der Waals surface area contributed by atoms with Gasteiger partial charge in [0.1, 0.15) is 0 Å². The molecule has 0 spiro atoms. The van der Waals surface area contributed by atoms with Crippen LogP contribution < -0.4 is 5.32 Å². The molecule has 0 saturated heterocycles. The first-order valence-corrected chi connectivity index (χ1v) is 7.69. The van der Waals surface area contributed by atoms with Crippen LogP contribution in [0.2, 0.25) is 0 Å². The molecule has 3 aromatic rings. The molecule has 1 aromatic carbocycles. The zero-order valence-corrected chi connectivity index (χ0v) is 12.6. The molecule has 0 atom stereocenters. The fraction of sp³-hybridized carbons (Fsp3) is 0.267. The number of rotatable bonds is 6. The standard InChI is InChI=1S/C15H16N4OS/c1-11-17-13(10-21-11)7-8-16-9-14-18-19-15(20-14)12-5-3-2-4-6-12/h2-6,10,16H,7-9H2,1H3. The SMILES string of the molecule is Cc1nc(CCNCc2nnc(-c3ccccc3)o2)cs1. The summed E-state index contributed by atoms with van der Waals surface area (Å²) in [5, 5.41) is 14.6. The van der Waals surface area contributed by atoms with Crippen molar-refractivity contribution in [3.63, 3.8) is 0 Å². The third kappa shape index (κ3) is 3.74. The van der Waals surface area contributed by atoms with E-state index in [9.17, 15) is 0 Å². The first kappa shape index (κ1) is 13.9. The second-order valence-electron chi connectivity index (χ2n) is 4.65. The molecule has 0 saturated carbocycles.